The highest BCUT2D eigenvalue weighted by atomic mass is 16.7. The number of methoxy groups -OCH3 is 2. The zero-order valence-corrected chi connectivity index (χ0v) is 9.82. The molecule has 0 N–H and O–H groups in total. The van der Waals surface area contributed by atoms with Crippen LogP contribution in [0.2, 0.25) is 0 Å². The molecule has 0 saturated carbocycles. The van der Waals surface area contributed by atoms with Gasteiger partial charge in [-0.25, -0.2) is 0 Å². The molecule has 2 atom stereocenters. The summed E-state index contributed by atoms with van der Waals surface area (Å²) in [6, 6.07) is 0.650. The minimum Gasteiger partial charge on any atom is -0.355 e. The van der Waals surface area contributed by atoms with Gasteiger partial charge < -0.3 is 9.47 Å². The van der Waals surface area contributed by atoms with E-state index in [4.69, 9.17) is 9.47 Å². The van der Waals surface area contributed by atoms with Crippen molar-refractivity contribution in [3.05, 3.63) is 0 Å². The first-order valence-corrected chi connectivity index (χ1v) is 5.48. The van der Waals surface area contributed by atoms with E-state index in [2.05, 4.69) is 18.7 Å². The fourth-order valence-electron chi connectivity index (χ4n) is 2.12. The van der Waals surface area contributed by atoms with Crippen LogP contribution >= 0.6 is 0 Å². The van der Waals surface area contributed by atoms with Crippen LogP contribution in [0, 0.1) is 5.92 Å². The summed E-state index contributed by atoms with van der Waals surface area (Å²) in [5, 5.41) is 0. The van der Waals surface area contributed by atoms with Crippen molar-refractivity contribution in [2.24, 2.45) is 5.92 Å². The summed E-state index contributed by atoms with van der Waals surface area (Å²) in [7, 11) is 3.40. The van der Waals surface area contributed by atoms with Gasteiger partial charge >= 0.3 is 0 Å². The van der Waals surface area contributed by atoms with Crippen molar-refractivity contribution in [1.82, 2.24) is 4.90 Å². The monoisotopic (exact) mass is 201 g/mol. The van der Waals surface area contributed by atoms with Crippen molar-refractivity contribution < 1.29 is 9.47 Å². The Hall–Kier alpha value is -0.120. The molecule has 0 aromatic heterocycles. The number of hydrogen-bond donors (Lipinski definition) is 0. The second-order valence-electron chi connectivity index (χ2n) is 4.26. The average molecular weight is 201 g/mol. The number of ether oxygens (including phenoxy) is 2. The number of hydrogen-bond acceptors (Lipinski definition) is 3. The van der Waals surface area contributed by atoms with E-state index < -0.39 is 0 Å². The van der Waals surface area contributed by atoms with Crippen LogP contribution in [-0.4, -0.2) is 44.5 Å². The third-order valence-electron chi connectivity index (χ3n) is 3.41. The van der Waals surface area contributed by atoms with Crippen LogP contribution in [0.5, 0.6) is 0 Å². The average Bonchev–Trinajstić information content (AvgIpc) is 2.20. The molecule has 0 amide bonds. The SMILES string of the molecule is COC(CN1CCCC(C)C1C)OC. The normalized spacial score (nSPS) is 29.8. The zero-order valence-electron chi connectivity index (χ0n) is 9.82. The van der Waals surface area contributed by atoms with Crippen LogP contribution in [-0.2, 0) is 9.47 Å². The van der Waals surface area contributed by atoms with Crippen LogP contribution in [0.25, 0.3) is 0 Å². The Morgan fingerprint density at radius 1 is 1.29 bits per heavy atom. The maximum atomic E-state index is 5.22. The Morgan fingerprint density at radius 2 is 1.93 bits per heavy atom. The highest BCUT2D eigenvalue weighted by molar-refractivity contribution is 4.78. The third-order valence-corrected chi connectivity index (χ3v) is 3.41. The Morgan fingerprint density at radius 3 is 2.50 bits per heavy atom. The molecule has 3 nitrogen and oxygen atoms in total. The fraction of sp³-hybridized carbons (Fsp3) is 1.00. The van der Waals surface area contributed by atoms with Crippen molar-refractivity contribution in [3.8, 4) is 0 Å². The summed E-state index contributed by atoms with van der Waals surface area (Å²) in [6.07, 6.45) is 2.57. The molecule has 1 aliphatic rings. The van der Waals surface area contributed by atoms with Crippen LogP contribution in [0.15, 0.2) is 0 Å². The van der Waals surface area contributed by atoms with Gasteiger partial charge in [-0.2, -0.15) is 0 Å². The Balaban J connectivity index is 2.41. The molecule has 1 heterocycles. The summed E-state index contributed by atoms with van der Waals surface area (Å²) in [4.78, 5) is 2.46. The van der Waals surface area contributed by atoms with Crippen molar-refractivity contribution in [3.63, 3.8) is 0 Å². The van der Waals surface area contributed by atoms with Crippen LogP contribution in [0.1, 0.15) is 26.7 Å². The molecule has 1 saturated heterocycles. The van der Waals surface area contributed by atoms with E-state index in [1.807, 2.05) is 0 Å². The molecule has 3 heteroatoms. The molecular formula is C11H23NO2. The highest BCUT2D eigenvalue weighted by Gasteiger charge is 2.26. The summed E-state index contributed by atoms with van der Waals surface area (Å²) < 4.78 is 10.4. The first kappa shape index (κ1) is 12.0. The van der Waals surface area contributed by atoms with E-state index in [1.165, 1.54) is 19.4 Å². The molecule has 0 radical (unpaired) electrons. The molecular weight excluding hydrogens is 178 g/mol. The lowest BCUT2D eigenvalue weighted by Gasteiger charge is -2.39. The molecule has 14 heavy (non-hydrogen) atoms. The molecule has 1 fully saturated rings. The Kier molecular flexibility index (Phi) is 4.85. The van der Waals surface area contributed by atoms with Crippen LogP contribution < -0.4 is 0 Å². The van der Waals surface area contributed by atoms with Crippen molar-refractivity contribution >= 4 is 0 Å². The molecule has 84 valence electrons. The van der Waals surface area contributed by atoms with E-state index in [-0.39, 0.29) is 6.29 Å². The molecule has 0 aromatic rings. The first-order valence-electron chi connectivity index (χ1n) is 5.48. The lowest BCUT2D eigenvalue weighted by Crippen LogP contribution is -2.46. The smallest absolute Gasteiger partial charge is 0.169 e. The first-order chi connectivity index (χ1) is 6.69. The van der Waals surface area contributed by atoms with E-state index in [0.717, 1.165) is 12.5 Å². The van der Waals surface area contributed by atoms with Gasteiger partial charge in [-0.15, -0.1) is 0 Å². The molecule has 0 aliphatic carbocycles. The predicted molar refractivity (Wildman–Crippen MR) is 57.2 cm³/mol. The van der Waals surface area contributed by atoms with Crippen LogP contribution in [0.4, 0.5) is 0 Å². The molecule has 1 rings (SSSR count). The van der Waals surface area contributed by atoms with Gasteiger partial charge in [0.05, 0.1) is 0 Å². The van der Waals surface area contributed by atoms with Gasteiger partial charge in [-0.3, -0.25) is 4.90 Å². The summed E-state index contributed by atoms with van der Waals surface area (Å²) >= 11 is 0. The van der Waals surface area contributed by atoms with Crippen LogP contribution in [0.3, 0.4) is 0 Å². The summed E-state index contributed by atoms with van der Waals surface area (Å²) in [6.45, 7) is 6.69. The number of piperidine rings is 1. The van der Waals surface area contributed by atoms with Crippen molar-refractivity contribution in [2.75, 3.05) is 27.3 Å². The van der Waals surface area contributed by atoms with Gasteiger partial charge in [0.1, 0.15) is 0 Å². The topological polar surface area (TPSA) is 21.7 Å². The lowest BCUT2D eigenvalue weighted by molar-refractivity contribution is -0.124. The predicted octanol–water partition coefficient (Wildman–Crippen LogP) is 1.73. The standard InChI is InChI=1S/C11H23NO2/c1-9-6-5-7-12(10(9)2)8-11(13-3)14-4/h9-11H,5-8H2,1-4H3. The molecule has 1 aliphatic heterocycles. The van der Waals surface area contributed by atoms with E-state index in [1.54, 1.807) is 14.2 Å². The quantitative estimate of drug-likeness (QED) is 0.647. The van der Waals surface area contributed by atoms with E-state index in [0.29, 0.717) is 6.04 Å². The molecule has 2 unspecified atom stereocenters. The maximum absolute atomic E-state index is 5.22. The Labute approximate surface area is 87.4 Å². The van der Waals surface area contributed by atoms with Crippen molar-refractivity contribution in [2.45, 2.75) is 39.0 Å². The van der Waals surface area contributed by atoms with Gasteiger partial charge in [-0.05, 0) is 32.2 Å². The summed E-state index contributed by atoms with van der Waals surface area (Å²) in [5.41, 5.74) is 0. The van der Waals surface area contributed by atoms with Crippen molar-refractivity contribution in [1.29, 1.82) is 0 Å². The second-order valence-corrected chi connectivity index (χ2v) is 4.26. The van der Waals surface area contributed by atoms with E-state index >= 15 is 0 Å². The zero-order chi connectivity index (χ0) is 10.6. The van der Waals surface area contributed by atoms with Gasteiger partial charge in [-0.1, -0.05) is 6.92 Å². The minimum atomic E-state index is -0.0808. The second kappa shape index (κ2) is 5.69. The summed E-state index contributed by atoms with van der Waals surface area (Å²) in [5.74, 6) is 0.790. The number of rotatable bonds is 4. The van der Waals surface area contributed by atoms with Gasteiger partial charge in [0.15, 0.2) is 6.29 Å². The number of likely N-dealkylation sites (tertiary alicyclic amines) is 1. The van der Waals surface area contributed by atoms with Gasteiger partial charge in [0, 0.05) is 26.8 Å². The van der Waals surface area contributed by atoms with E-state index in [9.17, 15) is 0 Å². The minimum absolute atomic E-state index is 0.0808. The molecule has 0 aromatic carbocycles. The highest BCUT2D eigenvalue weighted by Crippen LogP contribution is 2.22. The number of nitrogens with zero attached hydrogens (tertiary/aromatic N) is 1. The Bertz CT molecular complexity index is 159. The van der Waals surface area contributed by atoms with Gasteiger partial charge in [0.25, 0.3) is 0 Å². The van der Waals surface area contributed by atoms with Gasteiger partial charge in [0.2, 0.25) is 0 Å². The lowest BCUT2D eigenvalue weighted by atomic mass is 9.92. The fourth-order valence-corrected chi connectivity index (χ4v) is 2.12. The molecule has 0 spiro atoms. The maximum Gasteiger partial charge on any atom is 0.169 e. The molecule has 0 bridgehead atoms. The largest absolute Gasteiger partial charge is 0.355 e. The third kappa shape index (κ3) is 2.94.